The molecule has 0 bridgehead atoms. The van der Waals surface area contributed by atoms with Crippen LogP contribution in [0.2, 0.25) is 0 Å². The first kappa shape index (κ1) is 42.7. The summed E-state index contributed by atoms with van der Waals surface area (Å²) in [6.07, 6.45) is 1.93. The third kappa shape index (κ3) is 12.5. The van der Waals surface area contributed by atoms with E-state index in [1.54, 1.807) is 76.2 Å². The van der Waals surface area contributed by atoms with Crippen molar-refractivity contribution in [2.45, 2.75) is 27.7 Å². The van der Waals surface area contributed by atoms with Crippen LogP contribution in [0.25, 0.3) is 0 Å². The maximum atomic E-state index is 14.1. The number of carbonyl (C=O) groups excluding carboxylic acids is 2. The van der Waals surface area contributed by atoms with E-state index in [4.69, 9.17) is 44.6 Å². The van der Waals surface area contributed by atoms with Crippen LogP contribution in [0.15, 0.2) is 75.0 Å². The van der Waals surface area contributed by atoms with Crippen LogP contribution >= 0.6 is 0 Å². The van der Waals surface area contributed by atoms with Gasteiger partial charge in [-0.2, -0.15) is 20.4 Å². The maximum absolute atomic E-state index is 14.1. The van der Waals surface area contributed by atoms with Gasteiger partial charge in [-0.1, -0.05) is 0 Å². The molecule has 0 atom stereocenters. The highest BCUT2D eigenvalue weighted by atomic mass is 16.2. The number of nitrogens with zero attached hydrogens (tertiary/aromatic N) is 5. The van der Waals surface area contributed by atoms with E-state index < -0.39 is 11.8 Å². The van der Waals surface area contributed by atoms with E-state index in [1.165, 1.54) is 6.07 Å². The molecule has 0 spiro atoms. The summed E-state index contributed by atoms with van der Waals surface area (Å²) in [6.45, 7) is 8.59. The summed E-state index contributed by atoms with van der Waals surface area (Å²) in [6, 6.07) is 15.1. The predicted molar refractivity (Wildman–Crippen MR) is 228 cm³/mol. The Morgan fingerprint density at radius 2 is 0.879 bits per heavy atom. The molecule has 58 heavy (non-hydrogen) atoms. The highest BCUT2D eigenvalue weighted by Gasteiger charge is 2.21. The molecule has 3 aromatic carbocycles. The van der Waals surface area contributed by atoms with Crippen molar-refractivity contribution < 1.29 is 14.2 Å². The third-order valence-electron chi connectivity index (χ3n) is 8.19. The molecule has 22 nitrogen and oxygen atoms in total. The van der Waals surface area contributed by atoms with Gasteiger partial charge in [0.25, 0.3) is 11.8 Å². The van der Waals surface area contributed by atoms with Crippen molar-refractivity contribution >= 4 is 81.8 Å². The number of nitrogens with one attached hydrogen (secondary N) is 11. The van der Waals surface area contributed by atoms with Crippen molar-refractivity contribution in [2.24, 2.45) is 43.3 Å². The minimum Gasteiger partial charge on any atom is -0.369 e. The lowest BCUT2D eigenvalue weighted by molar-refractivity contribution is -0.438. The largest absolute Gasteiger partial charge is 0.369 e. The molecular weight excluding hydrogens is 745 g/mol. The molecule has 19 N–H and O–H groups in total. The third-order valence-corrected chi connectivity index (χ3v) is 8.19. The number of guanidine groups is 4. The lowest BCUT2D eigenvalue weighted by Gasteiger charge is -2.15. The van der Waals surface area contributed by atoms with Crippen molar-refractivity contribution in [3.8, 4) is 0 Å². The van der Waals surface area contributed by atoms with Gasteiger partial charge in [-0.15, -0.1) is 0 Å². The summed E-state index contributed by atoms with van der Waals surface area (Å²) in [5.41, 5.74) is 37.0. The number of rotatable bonds is 13. The quantitative estimate of drug-likeness (QED) is 0.0484. The van der Waals surface area contributed by atoms with Crippen LogP contribution in [0, 0.1) is 21.6 Å². The summed E-state index contributed by atoms with van der Waals surface area (Å²) in [5.74, 6) is -2.50. The molecule has 0 unspecified atom stereocenters. The molecule has 0 saturated heterocycles. The first-order chi connectivity index (χ1) is 27.5. The fourth-order valence-electron chi connectivity index (χ4n) is 5.32. The first-order valence-electron chi connectivity index (χ1n) is 17.5. The van der Waals surface area contributed by atoms with Crippen molar-refractivity contribution in [3.63, 3.8) is 0 Å². The summed E-state index contributed by atoms with van der Waals surface area (Å²) < 4.78 is 1.95. The van der Waals surface area contributed by atoms with Gasteiger partial charge in [0, 0.05) is 56.9 Å². The topological polar surface area (TPSA) is 370 Å². The fraction of sp³-hybridized carbons (Fsp3) is 0.194. The van der Waals surface area contributed by atoms with Gasteiger partial charge in [0.2, 0.25) is 29.5 Å². The predicted octanol–water partition coefficient (Wildman–Crippen LogP) is 0.337. The number of nitrogens with two attached hydrogens (primary N) is 4. The lowest BCUT2D eigenvalue weighted by atomic mass is 10.0. The number of carbonyl (C=O) groups is 2. The zero-order chi connectivity index (χ0) is 42.5. The Kier molecular flexibility index (Phi) is 14.4. The number of benzene rings is 3. The molecule has 0 radical (unpaired) electrons. The van der Waals surface area contributed by atoms with E-state index in [0.29, 0.717) is 81.8 Å². The molecule has 1 aliphatic heterocycles. The molecule has 3 aromatic rings. The van der Waals surface area contributed by atoms with Crippen LogP contribution in [0.3, 0.4) is 0 Å². The molecule has 4 rings (SSSR count). The highest BCUT2D eigenvalue weighted by Crippen LogP contribution is 2.24. The normalized spacial score (nSPS) is 13.4. The van der Waals surface area contributed by atoms with Gasteiger partial charge < -0.3 is 38.9 Å². The summed E-state index contributed by atoms with van der Waals surface area (Å²) >= 11 is 0. The van der Waals surface area contributed by atoms with Crippen molar-refractivity contribution in [3.05, 3.63) is 88.0 Å². The number of anilines is 2. The van der Waals surface area contributed by atoms with Crippen molar-refractivity contribution in [1.82, 2.24) is 27.0 Å². The second-order valence-electron chi connectivity index (χ2n) is 12.7. The second kappa shape index (κ2) is 19.5. The number of amides is 2. The molecule has 1 aliphatic rings. The molecule has 302 valence electrons. The van der Waals surface area contributed by atoms with E-state index in [1.807, 2.05) is 10.8 Å². The van der Waals surface area contributed by atoms with Crippen molar-refractivity contribution in [2.75, 3.05) is 30.3 Å². The molecule has 0 fully saturated rings. The van der Waals surface area contributed by atoms with E-state index in [2.05, 4.69) is 58.1 Å². The molecule has 0 aromatic heterocycles. The van der Waals surface area contributed by atoms with Crippen LogP contribution in [-0.2, 0) is 0 Å². The van der Waals surface area contributed by atoms with Gasteiger partial charge in [0.1, 0.15) is 0 Å². The molecule has 0 saturated carbocycles. The second-order valence-corrected chi connectivity index (χ2v) is 12.7. The van der Waals surface area contributed by atoms with E-state index in [9.17, 15) is 9.59 Å². The van der Waals surface area contributed by atoms with E-state index in [-0.39, 0.29) is 35.0 Å². The van der Waals surface area contributed by atoms with E-state index in [0.717, 1.165) is 0 Å². The number of hydrogen-bond donors (Lipinski definition) is 15. The minimum atomic E-state index is -0.527. The average molecular weight is 792 g/mol. The molecule has 2 amide bonds. The van der Waals surface area contributed by atoms with Gasteiger partial charge in [-0.3, -0.25) is 31.2 Å². The maximum Gasteiger partial charge on any atom is 0.255 e. The van der Waals surface area contributed by atoms with Gasteiger partial charge in [0.15, 0.2) is 12.8 Å². The molecular formula is C36H47N20O2+. The highest BCUT2D eigenvalue weighted by molar-refractivity contribution is 6.12. The number of hydrazone groups is 4. The zero-order valence-corrected chi connectivity index (χ0v) is 32.3. The van der Waals surface area contributed by atoms with Crippen LogP contribution < -0.4 is 60.6 Å². The monoisotopic (exact) mass is 791 g/mol. The van der Waals surface area contributed by atoms with E-state index >= 15 is 0 Å². The summed E-state index contributed by atoms with van der Waals surface area (Å²) in [4.78, 5) is 28.2. The molecule has 0 aliphatic carbocycles. The van der Waals surface area contributed by atoms with Gasteiger partial charge in [-0.05, 0) is 70.2 Å². The van der Waals surface area contributed by atoms with Crippen molar-refractivity contribution in [1.29, 1.82) is 21.6 Å². The lowest BCUT2D eigenvalue weighted by Crippen LogP contribution is -2.33. The minimum absolute atomic E-state index is 0.180. The molecule has 22 heteroatoms. The number of hydrogen-bond acceptors (Lipinski definition) is 11. The zero-order valence-electron chi connectivity index (χ0n) is 32.3. The average Bonchev–Trinajstić information content (AvgIpc) is 3.19. The Hall–Kier alpha value is -8.01. The van der Waals surface area contributed by atoms with Crippen LogP contribution in [0.1, 0.15) is 70.7 Å². The Labute approximate surface area is 333 Å². The van der Waals surface area contributed by atoms with Crippen LogP contribution in [-0.4, -0.2) is 88.9 Å². The fourth-order valence-corrected chi connectivity index (χ4v) is 5.32. The molecule has 1 heterocycles. The van der Waals surface area contributed by atoms with Gasteiger partial charge in [0.05, 0.1) is 35.9 Å². The summed E-state index contributed by atoms with van der Waals surface area (Å²) in [5, 5.41) is 55.5. The smallest absolute Gasteiger partial charge is 0.255 e. The van der Waals surface area contributed by atoms with Gasteiger partial charge in [-0.25, -0.2) is 26.3 Å². The Morgan fingerprint density at radius 3 is 1.17 bits per heavy atom. The Morgan fingerprint density at radius 1 is 0.552 bits per heavy atom. The van der Waals surface area contributed by atoms with Crippen LogP contribution in [0.4, 0.5) is 17.1 Å². The first-order valence-corrected chi connectivity index (χ1v) is 17.5. The SMILES string of the molecule is C/C(=N/NC(=N)N)c1cc(NC(=O)c2cc(C(=O)Nc3cc(/C(C)=N\NC(=N)N)cc(/C(C)=N/NC(=N)N)c3)cc([N+]3=CCNCC3)c2)cc(/C(C)=N\NC(=N)N)c1. The van der Waals surface area contributed by atoms with Crippen LogP contribution in [0.5, 0.6) is 0 Å². The standard InChI is InChI=1S/C36H46N20O2/c1-18(48-52-33(37)38)22-9-23(19(2)49-53-34(39)40)13-28(12-22)46-31(57)26-11-27(17-30(16-26)56-7-5-45-6-8-56)32(58)47-29-14-24(20(3)50-54-35(41)42)10-25(15-29)21(4)51-55-36(43)44/h7,9-17,45H,5-6,8H2,1-4H3,(H17-,37,38,39,40,41,42,43,44,46,47,52,53,54,55,57,58)/p+1/b48-18-,49-19-,50-20-,51-21+. The summed E-state index contributed by atoms with van der Waals surface area (Å²) in [7, 11) is 0. The Bertz CT molecular complexity index is 2060. The Balaban J connectivity index is 1.77. The van der Waals surface area contributed by atoms with Gasteiger partial charge >= 0.3 is 0 Å².